The molecular weight excluding hydrogens is 326 g/mol. The summed E-state index contributed by atoms with van der Waals surface area (Å²) in [6, 6.07) is 2.38. The molecular formula is C15H21N7OS. The number of rotatable bonds is 7. The zero-order valence-electron chi connectivity index (χ0n) is 13.5. The van der Waals surface area contributed by atoms with Crippen LogP contribution in [0, 0.1) is 0 Å². The van der Waals surface area contributed by atoms with Crippen LogP contribution in [-0.4, -0.2) is 51.4 Å². The van der Waals surface area contributed by atoms with Crippen LogP contribution < -0.4 is 16.4 Å². The molecule has 1 atom stereocenters. The van der Waals surface area contributed by atoms with Gasteiger partial charge in [0.1, 0.15) is 22.8 Å². The summed E-state index contributed by atoms with van der Waals surface area (Å²) in [5, 5.41) is 7.01. The van der Waals surface area contributed by atoms with Crippen LogP contribution >= 0.6 is 11.3 Å². The third-order valence-corrected chi connectivity index (χ3v) is 5.00. The van der Waals surface area contributed by atoms with Gasteiger partial charge in [-0.15, -0.1) is 0 Å². The largest absolute Gasteiger partial charge is 0.368 e. The Morgan fingerprint density at radius 1 is 1.42 bits per heavy atom. The number of hydrogen-bond donors (Lipinski definition) is 3. The van der Waals surface area contributed by atoms with Gasteiger partial charge in [-0.25, -0.2) is 15.0 Å². The Balaban J connectivity index is 1.60. The number of nitrogens with one attached hydrogen (secondary N) is 2. The van der Waals surface area contributed by atoms with E-state index < -0.39 is 5.91 Å². The van der Waals surface area contributed by atoms with Gasteiger partial charge in [-0.2, -0.15) is 0 Å². The first kappa shape index (κ1) is 16.6. The first-order chi connectivity index (χ1) is 11.7. The van der Waals surface area contributed by atoms with E-state index in [1.165, 1.54) is 43.2 Å². The number of anilines is 3. The van der Waals surface area contributed by atoms with Crippen LogP contribution in [-0.2, 0) is 0 Å². The van der Waals surface area contributed by atoms with Crippen LogP contribution in [0.3, 0.4) is 0 Å². The zero-order valence-corrected chi connectivity index (χ0v) is 14.3. The van der Waals surface area contributed by atoms with Gasteiger partial charge in [0.2, 0.25) is 0 Å². The minimum absolute atomic E-state index is 0.408. The van der Waals surface area contributed by atoms with Gasteiger partial charge in [0, 0.05) is 18.7 Å². The van der Waals surface area contributed by atoms with E-state index in [0.717, 1.165) is 18.9 Å². The summed E-state index contributed by atoms with van der Waals surface area (Å²) < 4.78 is 0. The van der Waals surface area contributed by atoms with E-state index in [9.17, 15) is 4.79 Å². The number of hydrogen-bond acceptors (Lipinski definition) is 8. The van der Waals surface area contributed by atoms with Crippen LogP contribution in [0.1, 0.15) is 29.4 Å². The highest BCUT2D eigenvalue weighted by molar-refractivity contribution is 7.17. The second-order valence-electron chi connectivity index (χ2n) is 5.61. The molecule has 24 heavy (non-hydrogen) atoms. The molecule has 8 nitrogen and oxygen atoms in total. The van der Waals surface area contributed by atoms with Crippen molar-refractivity contribution in [1.29, 1.82) is 0 Å². The standard InChI is InChI=1S/C15H21N7OS/c1-2-22-5-3-4-10(22)7-17-12-6-13(20-9-19-12)21-15-18-8-11(24-15)14(16)23/h6,8-10H,2-5,7H2,1H3,(H2,16,23)(H2,17,18,19,20,21). The molecule has 0 spiro atoms. The Kier molecular flexibility index (Phi) is 5.21. The summed E-state index contributed by atoms with van der Waals surface area (Å²) in [7, 11) is 0. The van der Waals surface area contributed by atoms with Gasteiger partial charge < -0.3 is 16.4 Å². The number of primary amides is 1. The van der Waals surface area contributed by atoms with E-state index in [2.05, 4.69) is 37.4 Å². The molecule has 1 amide bonds. The molecule has 2 aromatic heterocycles. The lowest BCUT2D eigenvalue weighted by Crippen LogP contribution is -2.34. The fourth-order valence-electron chi connectivity index (χ4n) is 2.84. The van der Waals surface area contributed by atoms with Crippen LogP contribution in [0.15, 0.2) is 18.6 Å². The second kappa shape index (κ2) is 7.54. The molecule has 0 saturated carbocycles. The highest BCUT2D eigenvalue weighted by Crippen LogP contribution is 2.22. The van der Waals surface area contributed by atoms with Gasteiger partial charge in [-0.3, -0.25) is 9.69 Å². The van der Waals surface area contributed by atoms with Crippen molar-refractivity contribution in [2.45, 2.75) is 25.8 Å². The second-order valence-corrected chi connectivity index (χ2v) is 6.64. The highest BCUT2D eigenvalue weighted by atomic mass is 32.1. The Labute approximate surface area is 144 Å². The maximum Gasteiger partial charge on any atom is 0.260 e. The normalized spacial score (nSPS) is 17.8. The number of carbonyl (C=O) groups excluding carboxylic acids is 1. The molecule has 0 aromatic carbocycles. The maximum absolute atomic E-state index is 11.1. The molecule has 2 aromatic rings. The lowest BCUT2D eigenvalue weighted by atomic mass is 10.2. The molecule has 9 heteroatoms. The van der Waals surface area contributed by atoms with Crippen LogP contribution in [0.5, 0.6) is 0 Å². The monoisotopic (exact) mass is 347 g/mol. The summed E-state index contributed by atoms with van der Waals surface area (Å²) >= 11 is 1.19. The average molecular weight is 347 g/mol. The first-order valence-electron chi connectivity index (χ1n) is 7.98. The summed E-state index contributed by atoms with van der Waals surface area (Å²) in [5.41, 5.74) is 5.23. The first-order valence-corrected chi connectivity index (χ1v) is 8.80. The molecule has 3 rings (SSSR count). The molecule has 1 aliphatic rings. The summed E-state index contributed by atoms with van der Waals surface area (Å²) in [5.74, 6) is 0.904. The third kappa shape index (κ3) is 3.98. The zero-order chi connectivity index (χ0) is 16.9. The number of likely N-dealkylation sites (tertiary alicyclic amines) is 1. The van der Waals surface area contributed by atoms with Crippen molar-refractivity contribution in [3.8, 4) is 0 Å². The average Bonchev–Trinajstić information content (AvgIpc) is 3.22. The fraction of sp³-hybridized carbons (Fsp3) is 0.467. The quantitative estimate of drug-likeness (QED) is 0.699. The molecule has 0 aliphatic carbocycles. The summed E-state index contributed by atoms with van der Waals surface area (Å²) in [4.78, 5) is 26.5. The van der Waals surface area contributed by atoms with Gasteiger partial charge in [0.25, 0.3) is 5.91 Å². The van der Waals surface area contributed by atoms with Crippen molar-refractivity contribution in [2.24, 2.45) is 5.73 Å². The Morgan fingerprint density at radius 2 is 2.25 bits per heavy atom. The molecule has 0 bridgehead atoms. The molecule has 1 aliphatic heterocycles. The number of likely N-dealkylation sites (N-methyl/N-ethyl adjacent to an activating group) is 1. The number of amides is 1. The minimum Gasteiger partial charge on any atom is -0.368 e. The molecule has 1 saturated heterocycles. The van der Waals surface area contributed by atoms with Gasteiger partial charge >= 0.3 is 0 Å². The van der Waals surface area contributed by atoms with Gasteiger partial charge in [-0.1, -0.05) is 18.3 Å². The van der Waals surface area contributed by atoms with Crippen LogP contribution in [0.25, 0.3) is 0 Å². The van der Waals surface area contributed by atoms with Crippen LogP contribution in [0.4, 0.5) is 16.8 Å². The lowest BCUT2D eigenvalue weighted by molar-refractivity contribution is 0.100. The summed E-state index contributed by atoms with van der Waals surface area (Å²) in [6.07, 6.45) is 5.42. The van der Waals surface area contributed by atoms with Crippen molar-refractivity contribution in [3.05, 3.63) is 23.5 Å². The molecule has 3 heterocycles. The van der Waals surface area contributed by atoms with E-state index >= 15 is 0 Å². The van der Waals surface area contributed by atoms with Crippen molar-refractivity contribution >= 4 is 34.0 Å². The SMILES string of the molecule is CCN1CCCC1CNc1cc(Nc2ncc(C(N)=O)s2)ncn1. The molecule has 1 unspecified atom stereocenters. The molecule has 0 radical (unpaired) electrons. The number of thiazole rings is 1. The van der Waals surface area contributed by atoms with Crippen molar-refractivity contribution in [3.63, 3.8) is 0 Å². The highest BCUT2D eigenvalue weighted by Gasteiger charge is 2.22. The number of nitrogens with zero attached hydrogens (tertiary/aromatic N) is 4. The Morgan fingerprint density at radius 3 is 3.00 bits per heavy atom. The predicted molar refractivity (Wildman–Crippen MR) is 94.7 cm³/mol. The number of nitrogens with two attached hydrogens (primary N) is 1. The molecule has 128 valence electrons. The van der Waals surface area contributed by atoms with E-state index in [-0.39, 0.29) is 0 Å². The van der Waals surface area contributed by atoms with Gasteiger partial charge in [0.15, 0.2) is 5.13 Å². The van der Waals surface area contributed by atoms with E-state index in [0.29, 0.717) is 21.9 Å². The Hall–Kier alpha value is -2.26. The van der Waals surface area contributed by atoms with Crippen LogP contribution in [0.2, 0.25) is 0 Å². The van der Waals surface area contributed by atoms with Gasteiger partial charge in [0.05, 0.1) is 6.20 Å². The molecule has 4 N–H and O–H groups in total. The van der Waals surface area contributed by atoms with Crippen molar-refractivity contribution < 1.29 is 4.79 Å². The third-order valence-electron chi connectivity index (χ3n) is 4.07. The van der Waals surface area contributed by atoms with Gasteiger partial charge in [-0.05, 0) is 25.9 Å². The number of carbonyl (C=O) groups is 1. The maximum atomic E-state index is 11.1. The number of aromatic nitrogens is 3. The topological polar surface area (TPSA) is 109 Å². The van der Waals surface area contributed by atoms with Crippen molar-refractivity contribution in [2.75, 3.05) is 30.3 Å². The minimum atomic E-state index is -0.484. The smallest absolute Gasteiger partial charge is 0.260 e. The van der Waals surface area contributed by atoms with E-state index in [1.54, 1.807) is 0 Å². The molecule has 1 fully saturated rings. The van der Waals surface area contributed by atoms with Crippen molar-refractivity contribution in [1.82, 2.24) is 19.9 Å². The van der Waals surface area contributed by atoms with E-state index in [4.69, 9.17) is 5.73 Å². The summed E-state index contributed by atoms with van der Waals surface area (Å²) in [6.45, 7) is 5.31. The lowest BCUT2D eigenvalue weighted by Gasteiger charge is -2.23. The predicted octanol–water partition coefficient (Wildman–Crippen LogP) is 1.67. The fourth-order valence-corrected chi connectivity index (χ4v) is 3.52. The Bertz CT molecular complexity index is 705. The van der Waals surface area contributed by atoms with E-state index in [1.807, 2.05) is 6.07 Å².